The van der Waals surface area contributed by atoms with E-state index in [0.29, 0.717) is 12.8 Å². The third-order valence-corrected chi connectivity index (χ3v) is 7.57. The van der Waals surface area contributed by atoms with Gasteiger partial charge in [-0.2, -0.15) is 0 Å². The number of carboxylic acids is 1. The molecule has 0 heterocycles. The van der Waals surface area contributed by atoms with Crippen molar-refractivity contribution in [1.29, 1.82) is 0 Å². The van der Waals surface area contributed by atoms with Gasteiger partial charge in [0.25, 0.3) is 0 Å². The fourth-order valence-corrected chi connectivity index (χ4v) is 4.73. The summed E-state index contributed by atoms with van der Waals surface area (Å²) < 4.78 is 0. The quantitative estimate of drug-likeness (QED) is 0.0200. The molecule has 23 N–H and O–H groups in total. The largest absolute Gasteiger partial charge is 0.480 e. The van der Waals surface area contributed by atoms with Gasteiger partial charge < -0.3 is 78.0 Å². The number of hydrogen-bond acceptors (Lipinski definition) is 10. The predicted octanol–water partition coefficient (Wildman–Crippen LogP) is -5.87. The summed E-state index contributed by atoms with van der Waals surface area (Å²) in [5, 5.41) is 19.9. The summed E-state index contributed by atoms with van der Waals surface area (Å²) >= 11 is 0. The van der Waals surface area contributed by atoms with E-state index in [-0.39, 0.29) is 101 Å². The predicted molar refractivity (Wildman–Crippen MR) is 203 cm³/mol. The second kappa shape index (κ2) is 26.6. The van der Waals surface area contributed by atoms with Gasteiger partial charge in [0.05, 0.1) is 0 Å². The van der Waals surface area contributed by atoms with Gasteiger partial charge in [0, 0.05) is 38.5 Å². The molecule has 0 rings (SSSR count). The Morgan fingerprint density at radius 3 is 1.09 bits per heavy atom. The monoisotopic (exact) mass is 769 g/mol. The first-order valence-electron chi connectivity index (χ1n) is 17.3. The number of nitrogens with zero attached hydrogens (tertiary/aromatic N) is 4. The number of carbonyl (C=O) groups excluding carboxylic acids is 5. The van der Waals surface area contributed by atoms with Crippen LogP contribution in [0.3, 0.4) is 0 Å². The van der Waals surface area contributed by atoms with Gasteiger partial charge in [-0.1, -0.05) is 6.92 Å². The van der Waals surface area contributed by atoms with Gasteiger partial charge in [-0.3, -0.25) is 43.9 Å². The van der Waals surface area contributed by atoms with Gasteiger partial charge >= 0.3 is 5.97 Å². The zero-order valence-electron chi connectivity index (χ0n) is 30.7. The fourth-order valence-electron chi connectivity index (χ4n) is 4.73. The van der Waals surface area contributed by atoms with Gasteiger partial charge in [0.1, 0.15) is 24.2 Å². The number of nitrogens with two attached hydrogens (primary N) is 9. The first-order chi connectivity index (χ1) is 25.3. The lowest BCUT2D eigenvalue weighted by Gasteiger charge is -2.26. The minimum atomic E-state index is -1.36. The van der Waals surface area contributed by atoms with Crippen LogP contribution >= 0.6 is 0 Å². The van der Waals surface area contributed by atoms with E-state index in [1.807, 2.05) is 0 Å². The number of carboxylic acid groups (broad SMARTS) is 1. The van der Waals surface area contributed by atoms with Crippen LogP contribution in [-0.4, -0.2) is 115 Å². The van der Waals surface area contributed by atoms with Gasteiger partial charge in [0.2, 0.25) is 29.5 Å². The molecule has 0 spiro atoms. The first kappa shape index (κ1) is 47.9. The Morgan fingerprint density at radius 1 is 0.463 bits per heavy atom. The molecule has 5 amide bonds. The van der Waals surface area contributed by atoms with E-state index in [0.717, 1.165) is 0 Å². The van der Waals surface area contributed by atoms with Crippen LogP contribution in [0.15, 0.2) is 20.0 Å². The number of aliphatic carboxylic acids is 1. The summed E-state index contributed by atoms with van der Waals surface area (Å²) in [7, 11) is 0. The van der Waals surface area contributed by atoms with Crippen molar-refractivity contribution in [2.45, 2.75) is 95.3 Å². The van der Waals surface area contributed by atoms with Crippen LogP contribution in [-0.2, 0) is 28.8 Å². The maximum absolute atomic E-state index is 13.8. The maximum Gasteiger partial charge on any atom is 0.326 e. The number of amides is 5. The van der Waals surface area contributed by atoms with E-state index in [1.54, 1.807) is 6.92 Å². The molecule has 0 saturated carbocycles. The molecule has 5 atom stereocenters. The third kappa shape index (κ3) is 23.4. The summed E-state index contributed by atoms with van der Waals surface area (Å²) in [6.07, 6.45) is 0.833. The lowest BCUT2D eigenvalue weighted by Crippen LogP contribution is -2.58. The second-order valence-corrected chi connectivity index (χ2v) is 12.3. The Balaban J connectivity index is 6.25. The molecule has 0 aromatic rings. The van der Waals surface area contributed by atoms with Gasteiger partial charge in [-0.25, -0.2) is 4.79 Å². The standard InChI is InChI=1S/C30H59N17O7/c1-16(6-2-12-40-27(32)33)22(49)44-19(10-11-21(31)48)25(52)46-17(7-3-13-41-28(34)35)23(50)45-18(8-4-14-42-29(36)37)24(51)47-20(26(53)54)9-5-15-43-30(38)39/h16-20H,2-15H2,1H3,(H2,31,48)(H,44,49)(H,45,50)(H,46,52)(H,47,51)(H,53,54)(H4,32,33,40)(H4,34,35,41)(H4,36,37,42)(H4,38,39,43)/t16-,17-,18-,19-,20-/m0/s1. The molecule has 0 bridgehead atoms. The van der Waals surface area contributed by atoms with Crippen molar-refractivity contribution in [2.24, 2.45) is 77.5 Å². The minimum absolute atomic E-state index is 0.0384. The van der Waals surface area contributed by atoms with Crippen LogP contribution in [0, 0.1) is 5.92 Å². The topological polar surface area (TPSA) is 454 Å². The Hall–Kier alpha value is -6.10. The highest BCUT2D eigenvalue weighted by Gasteiger charge is 2.31. The second-order valence-electron chi connectivity index (χ2n) is 12.3. The molecule has 54 heavy (non-hydrogen) atoms. The van der Waals surface area contributed by atoms with E-state index >= 15 is 0 Å². The van der Waals surface area contributed by atoms with E-state index in [4.69, 9.17) is 51.6 Å². The van der Waals surface area contributed by atoms with Gasteiger partial charge in [-0.05, 0) is 57.8 Å². The smallest absolute Gasteiger partial charge is 0.326 e. The van der Waals surface area contributed by atoms with Crippen molar-refractivity contribution in [1.82, 2.24) is 21.3 Å². The number of nitrogens with one attached hydrogen (secondary N) is 4. The summed E-state index contributed by atoms with van der Waals surface area (Å²) in [5.74, 6) is -6.33. The van der Waals surface area contributed by atoms with Crippen LogP contribution in [0.25, 0.3) is 0 Å². The third-order valence-electron chi connectivity index (χ3n) is 7.57. The van der Waals surface area contributed by atoms with E-state index < -0.39 is 65.6 Å². The van der Waals surface area contributed by atoms with E-state index in [2.05, 4.69) is 41.2 Å². The van der Waals surface area contributed by atoms with Crippen LogP contribution in [0.2, 0.25) is 0 Å². The summed E-state index contributed by atoms with van der Waals surface area (Å²) in [6, 6.07) is -5.28. The highest BCUT2D eigenvalue weighted by Crippen LogP contribution is 2.10. The molecule has 0 radical (unpaired) electrons. The van der Waals surface area contributed by atoms with Crippen molar-refractivity contribution in [2.75, 3.05) is 26.2 Å². The average Bonchev–Trinajstić information content (AvgIpc) is 3.07. The van der Waals surface area contributed by atoms with Crippen LogP contribution < -0.4 is 72.9 Å². The lowest BCUT2D eigenvalue weighted by molar-refractivity contribution is -0.142. The molecule has 0 aromatic carbocycles. The van der Waals surface area contributed by atoms with Crippen molar-refractivity contribution < 1.29 is 33.9 Å². The molecule has 306 valence electrons. The molecule has 0 aliphatic carbocycles. The number of primary amides is 1. The number of carbonyl (C=O) groups is 6. The molecule has 24 heteroatoms. The number of rotatable bonds is 28. The number of aliphatic imine (C=N–C) groups is 4. The summed E-state index contributed by atoms with van der Waals surface area (Å²) in [5.41, 5.74) is 48.2. The van der Waals surface area contributed by atoms with Crippen molar-refractivity contribution in [3.63, 3.8) is 0 Å². The van der Waals surface area contributed by atoms with Crippen molar-refractivity contribution in [3.8, 4) is 0 Å². The molecule has 0 saturated heterocycles. The molecule has 0 aliphatic rings. The van der Waals surface area contributed by atoms with Crippen LogP contribution in [0.1, 0.15) is 71.1 Å². The minimum Gasteiger partial charge on any atom is -0.480 e. The zero-order valence-corrected chi connectivity index (χ0v) is 30.7. The normalized spacial score (nSPS) is 13.3. The molecule has 0 fully saturated rings. The highest BCUT2D eigenvalue weighted by atomic mass is 16.4. The summed E-state index contributed by atoms with van der Waals surface area (Å²) in [6.45, 7) is 2.18. The molecular weight excluding hydrogens is 710 g/mol. The Bertz CT molecular complexity index is 1360. The average molecular weight is 770 g/mol. The van der Waals surface area contributed by atoms with Gasteiger partial charge in [-0.15, -0.1) is 0 Å². The molecule has 24 nitrogen and oxygen atoms in total. The van der Waals surface area contributed by atoms with E-state index in [1.165, 1.54) is 0 Å². The van der Waals surface area contributed by atoms with Crippen molar-refractivity contribution in [3.05, 3.63) is 0 Å². The van der Waals surface area contributed by atoms with Gasteiger partial charge in [0.15, 0.2) is 23.8 Å². The highest BCUT2D eigenvalue weighted by molar-refractivity contribution is 5.95. The van der Waals surface area contributed by atoms with Crippen LogP contribution in [0.5, 0.6) is 0 Å². The van der Waals surface area contributed by atoms with E-state index in [9.17, 15) is 33.9 Å². The molecule has 0 unspecified atom stereocenters. The molecule has 0 aliphatic heterocycles. The maximum atomic E-state index is 13.8. The molecular formula is C30H59N17O7. The summed E-state index contributed by atoms with van der Waals surface area (Å²) in [4.78, 5) is 92.8. The first-order valence-corrected chi connectivity index (χ1v) is 17.3. The zero-order chi connectivity index (χ0) is 41.2. The number of hydrogen-bond donors (Lipinski definition) is 14. The SMILES string of the molecule is C[C@@H](CCCN=C(N)N)C(=O)N[C@@H](CCC(N)=O)C(=O)N[C@@H](CCCN=C(N)N)C(=O)N[C@@H](CCCN=C(N)N)C(=O)N[C@@H](CCCN=C(N)N)C(=O)O. The fraction of sp³-hybridized carbons (Fsp3) is 0.667. The Kier molecular flexibility index (Phi) is 23.6. The Morgan fingerprint density at radius 2 is 0.759 bits per heavy atom. The molecule has 0 aromatic heterocycles. The number of guanidine groups is 4. The Labute approximate surface area is 313 Å². The van der Waals surface area contributed by atoms with Crippen LogP contribution in [0.4, 0.5) is 0 Å². The van der Waals surface area contributed by atoms with Crippen molar-refractivity contribution >= 4 is 59.3 Å². The lowest BCUT2D eigenvalue weighted by atomic mass is 10.0.